The number of ether oxygens (including phenoxy) is 2. The van der Waals surface area contributed by atoms with Gasteiger partial charge in [-0.1, -0.05) is 12.1 Å². The second-order valence-corrected chi connectivity index (χ2v) is 4.07. The predicted octanol–water partition coefficient (Wildman–Crippen LogP) is 2.68. The van der Waals surface area contributed by atoms with Gasteiger partial charge in [0.15, 0.2) is 11.5 Å². The van der Waals surface area contributed by atoms with Crippen LogP contribution in [0.4, 0.5) is 0 Å². The minimum atomic E-state index is -1.03. The third-order valence-corrected chi connectivity index (χ3v) is 2.74. The van der Waals surface area contributed by atoms with Crippen LogP contribution in [0, 0.1) is 0 Å². The van der Waals surface area contributed by atoms with E-state index in [-0.39, 0.29) is 12.2 Å². The first-order valence-corrected chi connectivity index (χ1v) is 5.93. The lowest BCUT2D eigenvalue weighted by Gasteiger charge is -2.11. The lowest BCUT2D eigenvalue weighted by Crippen LogP contribution is -1.98. The van der Waals surface area contributed by atoms with E-state index in [2.05, 4.69) is 0 Å². The number of carboxylic acids is 1. The molecule has 0 unspecified atom stereocenters. The number of aliphatic hydroxyl groups excluding tert-OH is 1. The van der Waals surface area contributed by atoms with Crippen LogP contribution in [0.2, 0.25) is 0 Å². The molecule has 2 aromatic carbocycles. The first-order valence-electron chi connectivity index (χ1n) is 5.93. The monoisotopic (exact) mass is 274 g/mol. The fraction of sp³-hybridized carbons (Fsp3) is 0.133. The number of benzene rings is 2. The van der Waals surface area contributed by atoms with Crippen LogP contribution in [0.5, 0.6) is 17.2 Å². The molecule has 0 aliphatic rings. The van der Waals surface area contributed by atoms with Gasteiger partial charge in [0.2, 0.25) is 0 Å². The molecule has 0 atom stereocenters. The first kappa shape index (κ1) is 13.9. The third-order valence-electron chi connectivity index (χ3n) is 2.74. The van der Waals surface area contributed by atoms with E-state index < -0.39 is 5.97 Å². The van der Waals surface area contributed by atoms with Gasteiger partial charge in [0.1, 0.15) is 5.75 Å². The summed E-state index contributed by atoms with van der Waals surface area (Å²) in [7, 11) is 1.48. The Kier molecular flexibility index (Phi) is 4.22. The van der Waals surface area contributed by atoms with E-state index in [1.807, 2.05) is 0 Å². The van der Waals surface area contributed by atoms with Crippen molar-refractivity contribution in [3.63, 3.8) is 0 Å². The molecular weight excluding hydrogens is 260 g/mol. The molecule has 2 rings (SSSR count). The number of hydrogen-bond donors (Lipinski definition) is 2. The van der Waals surface area contributed by atoms with Crippen LogP contribution in [0.3, 0.4) is 0 Å². The molecule has 0 aliphatic heterocycles. The smallest absolute Gasteiger partial charge is 0.335 e. The summed E-state index contributed by atoms with van der Waals surface area (Å²) in [6, 6.07) is 11.2. The van der Waals surface area contributed by atoms with Crippen LogP contribution >= 0.6 is 0 Å². The Morgan fingerprint density at radius 2 is 1.80 bits per heavy atom. The van der Waals surface area contributed by atoms with Crippen LogP contribution in [0.15, 0.2) is 42.5 Å². The van der Waals surface area contributed by atoms with E-state index in [9.17, 15) is 4.79 Å². The summed E-state index contributed by atoms with van der Waals surface area (Å²) in [6.07, 6.45) is 0. The van der Waals surface area contributed by atoms with Crippen molar-refractivity contribution < 1.29 is 24.5 Å². The summed E-state index contributed by atoms with van der Waals surface area (Å²) < 4.78 is 10.8. The number of carboxylic acid groups (broad SMARTS) is 1. The van der Waals surface area contributed by atoms with E-state index in [0.717, 1.165) is 5.56 Å². The predicted molar refractivity (Wildman–Crippen MR) is 72.4 cm³/mol. The van der Waals surface area contributed by atoms with E-state index in [1.54, 1.807) is 30.3 Å². The van der Waals surface area contributed by atoms with Crippen LogP contribution in [0.25, 0.3) is 0 Å². The van der Waals surface area contributed by atoms with Crippen molar-refractivity contribution in [3.8, 4) is 17.2 Å². The van der Waals surface area contributed by atoms with Crippen molar-refractivity contribution in [2.75, 3.05) is 7.11 Å². The van der Waals surface area contributed by atoms with Gasteiger partial charge in [0, 0.05) is 0 Å². The number of methoxy groups -OCH3 is 1. The Morgan fingerprint density at radius 3 is 2.35 bits per heavy atom. The molecular formula is C15H14O5. The molecule has 20 heavy (non-hydrogen) atoms. The zero-order chi connectivity index (χ0) is 14.5. The largest absolute Gasteiger partial charge is 0.493 e. The van der Waals surface area contributed by atoms with Crippen LogP contribution < -0.4 is 9.47 Å². The maximum Gasteiger partial charge on any atom is 0.335 e. The highest BCUT2D eigenvalue weighted by Crippen LogP contribution is 2.32. The Hall–Kier alpha value is -2.53. The minimum absolute atomic E-state index is 0.0436. The average Bonchev–Trinajstić information content (AvgIpc) is 2.48. The molecule has 2 N–H and O–H groups in total. The highest BCUT2D eigenvalue weighted by Gasteiger charge is 2.11. The number of hydrogen-bond acceptors (Lipinski definition) is 4. The molecule has 0 fully saturated rings. The minimum Gasteiger partial charge on any atom is -0.493 e. The standard InChI is InChI=1S/C15H14O5/c1-19-13-7-4-11(15(17)18)8-14(13)20-12-5-2-10(9-16)3-6-12/h2-8,16H,9H2,1H3,(H,17,18). The lowest BCUT2D eigenvalue weighted by atomic mass is 10.2. The molecule has 0 bridgehead atoms. The van der Waals surface area contributed by atoms with Crippen LogP contribution in [-0.4, -0.2) is 23.3 Å². The lowest BCUT2D eigenvalue weighted by molar-refractivity contribution is 0.0696. The molecule has 104 valence electrons. The van der Waals surface area contributed by atoms with Gasteiger partial charge in [-0.05, 0) is 35.9 Å². The zero-order valence-corrected chi connectivity index (χ0v) is 10.9. The quantitative estimate of drug-likeness (QED) is 0.876. The van der Waals surface area contributed by atoms with Gasteiger partial charge in [-0.2, -0.15) is 0 Å². The van der Waals surface area contributed by atoms with Gasteiger partial charge in [0.25, 0.3) is 0 Å². The SMILES string of the molecule is COc1ccc(C(=O)O)cc1Oc1ccc(CO)cc1. The fourth-order valence-electron chi connectivity index (χ4n) is 1.68. The summed E-state index contributed by atoms with van der Waals surface area (Å²) in [5, 5.41) is 18.0. The van der Waals surface area contributed by atoms with Gasteiger partial charge in [-0.25, -0.2) is 4.79 Å². The number of carbonyl (C=O) groups is 1. The highest BCUT2D eigenvalue weighted by atomic mass is 16.5. The second-order valence-electron chi connectivity index (χ2n) is 4.07. The summed E-state index contributed by atoms with van der Waals surface area (Å²) in [6.45, 7) is -0.0436. The summed E-state index contributed by atoms with van der Waals surface area (Å²) in [5.41, 5.74) is 0.886. The molecule has 0 aliphatic carbocycles. The molecule has 0 saturated heterocycles. The van der Waals surface area contributed by atoms with Gasteiger partial charge >= 0.3 is 5.97 Å². The molecule has 2 aromatic rings. The molecule has 0 spiro atoms. The molecule has 0 heterocycles. The molecule has 0 radical (unpaired) electrons. The summed E-state index contributed by atoms with van der Waals surface area (Å²) in [4.78, 5) is 11.0. The molecule has 0 aromatic heterocycles. The van der Waals surface area contributed by atoms with Crippen molar-refractivity contribution in [1.82, 2.24) is 0 Å². The van der Waals surface area contributed by atoms with Crippen molar-refractivity contribution in [2.45, 2.75) is 6.61 Å². The summed E-state index contributed by atoms with van der Waals surface area (Å²) in [5.74, 6) is 0.265. The average molecular weight is 274 g/mol. The Labute approximate surface area is 116 Å². The van der Waals surface area contributed by atoms with Gasteiger partial charge in [0.05, 0.1) is 19.3 Å². The van der Waals surface area contributed by atoms with E-state index >= 15 is 0 Å². The maximum atomic E-state index is 11.0. The number of aliphatic hydroxyl groups is 1. The molecule has 0 amide bonds. The zero-order valence-electron chi connectivity index (χ0n) is 10.9. The topological polar surface area (TPSA) is 76.0 Å². The fourth-order valence-corrected chi connectivity index (χ4v) is 1.68. The van der Waals surface area contributed by atoms with Crippen molar-refractivity contribution in [1.29, 1.82) is 0 Å². The van der Waals surface area contributed by atoms with Crippen LogP contribution in [-0.2, 0) is 6.61 Å². The first-order chi connectivity index (χ1) is 9.63. The van der Waals surface area contributed by atoms with Crippen molar-refractivity contribution in [2.24, 2.45) is 0 Å². The van der Waals surface area contributed by atoms with Gasteiger partial charge in [-0.15, -0.1) is 0 Å². The maximum absolute atomic E-state index is 11.0. The van der Waals surface area contributed by atoms with E-state index in [4.69, 9.17) is 19.7 Å². The number of aromatic carboxylic acids is 1. The highest BCUT2D eigenvalue weighted by molar-refractivity contribution is 5.88. The molecule has 5 heteroatoms. The van der Waals surface area contributed by atoms with E-state index in [1.165, 1.54) is 19.2 Å². The summed E-state index contributed by atoms with van der Waals surface area (Å²) >= 11 is 0. The Morgan fingerprint density at radius 1 is 1.10 bits per heavy atom. The van der Waals surface area contributed by atoms with E-state index in [0.29, 0.717) is 17.2 Å². The van der Waals surface area contributed by atoms with Crippen molar-refractivity contribution >= 4 is 5.97 Å². The Bertz CT molecular complexity index is 604. The molecule has 0 saturated carbocycles. The van der Waals surface area contributed by atoms with Crippen LogP contribution in [0.1, 0.15) is 15.9 Å². The van der Waals surface area contributed by atoms with Gasteiger partial charge < -0.3 is 19.7 Å². The normalized spacial score (nSPS) is 10.1. The second kappa shape index (κ2) is 6.08. The molecule has 5 nitrogen and oxygen atoms in total. The Balaban J connectivity index is 2.30. The third kappa shape index (κ3) is 3.07. The van der Waals surface area contributed by atoms with Crippen molar-refractivity contribution in [3.05, 3.63) is 53.6 Å². The number of rotatable bonds is 5. The van der Waals surface area contributed by atoms with Gasteiger partial charge in [-0.3, -0.25) is 0 Å².